The number of hydrogen-bond donors (Lipinski definition) is 2. The van der Waals surface area contributed by atoms with Crippen molar-refractivity contribution in [3.05, 3.63) is 65.3 Å². The second-order valence-electron chi connectivity index (χ2n) is 7.31. The van der Waals surface area contributed by atoms with Crippen LogP contribution in [-0.2, 0) is 0 Å². The molecule has 1 aromatic heterocycles. The predicted molar refractivity (Wildman–Crippen MR) is 128 cm³/mol. The SMILES string of the molecule is CCOc1ccc(NC(=O)c2cnc(N3CCN(c4ccccc4Cl)CC3)nc2N)cc1. The number of carbonyl (C=O) groups excluding carboxylic acids is 1. The second kappa shape index (κ2) is 9.74. The minimum Gasteiger partial charge on any atom is -0.494 e. The molecular formula is C23H25ClN6O2. The molecule has 1 saturated heterocycles. The van der Waals surface area contributed by atoms with E-state index in [1.54, 1.807) is 24.3 Å². The molecule has 4 rings (SSSR count). The maximum Gasteiger partial charge on any atom is 0.260 e. The number of anilines is 4. The van der Waals surface area contributed by atoms with Gasteiger partial charge in [0.25, 0.3) is 5.91 Å². The van der Waals surface area contributed by atoms with Crippen molar-refractivity contribution in [3.8, 4) is 5.75 Å². The molecule has 3 aromatic rings. The van der Waals surface area contributed by atoms with Crippen LogP contribution in [0.5, 0.6) is 5.75 Å². The second-order valence-corrected chi connectivity index (χ2v) is 7.71. The molecule has 1 aliphatic rings. The van der Waals surface area contributed by atoms with Crippen LogP contribution in [0.25, 0.3) is 0 Å². The summed E-state index contributed by atoms with van der Waals surface area (Å²) in [5, 5.41) is 3.55. The summed E-state index contributed by atoms with van der Waals surface area (Å²) in [6.45, 7) is 5.52. The molecule has 0 unspecified atom stereocenters. The van der Waals surface area contributed by atoms with Crippen molar-refractivity contribution < 1.29 is 9.53 Å². The molecule has 9 heteroatoms. The van der Waals surface area contributed by atoms with Gasteiger partial charge in [-0.25, -0.2) is 4.98 Å². The predicted octanol–water partition coefficient (Wildman–Crippen LogP) is 3.69. The number of ether oxygens (including phenoxy) is 1. The first-order chi connectivity index (χ1) is 15.5. The summed E-state index contributed by atoms with van der Waals surface area (Å²) >= 11 is 6.32. The average Bonchev–Trinajstić information content (AvgIpc) is 2.81. The number of rotatable bonds is 6. The Balaban J connectivity index is 1.39. The van der Waals surface area contributed by atoms with Crippen molar-refractivity contribution in [2.75, 3.05) is 53.6 Å². The zero-order chi connectivity index (χ0) is 22.5. The summed E-state index contributed by atoms with van der Waals surface area (Å²) in [7, 11) is 0. The molecule has 0 aliphatic carbocycles. The molecule has 32 heavy (non-hydrogen) atoms. The van der Waals surface area contributed by atoms with E-state index in [1.165, 1.54) is 6.20 Å². The van der Waals surface area contributed by atoms with Crippen LogP contribution < -0.4 is 25.6 Å². The first kappa shape index (κ1) is 21.7. The van der Waals surface area contributed by atoms with Crippen LogP contribution in [0.15, 0.2) is 54.7 Å². The van der Waals surface area contributed by atoms with Crippen molar-refractivity contribution in [3.63, 3.8) is 0 Å². The maximum atomic E-state index is 12.6. The summed E-state index contributed by atoms with van der Waals surface area (Å²) in [6, 6.07) is 14.9. The molecule has 2 heterocycles. The molecule has 1 amide bonds. The third kappa shape index (κ3) is 4.86. The van der Waals surface area contributed by atoms with Crippen LogP contribution in [0.2, 0.25) is 5.02 Å². The first-order valence-electron chi connectivity index (χ1n) is 10.5. The zero-order valence-electron chi connectivity index (χ0n) is 17.8. The molecular weight excluding hydrogens is 428 g/mol. The number of amides is 1. The minimum absolute atomic E-state index is 0.145. The fraction of sp³-hybridized carbons (Fsp3) is 0.261. The van der Waals surface area contributed by atoms with Crippen molar-refractivity contribution in [1.29, 1.82) is 0 Å². The Bertz CT molecular complexity index is 1080. The summed E-state index contributed by atoms with van der Waals surface area (Å²) in [5.41, 5.74) is 7.99. The number of nitrogens with two attached hydrogens (primary N) is 1. The Morgan fingerprint density at radius 3 is 2.44 bits per heavy atom. The van der Waals surface area contributed by atoms with Gasteiger partial charge in [0.05, 0.1) is 17.3 Å². The molecule has 3 N–H and O–H groups in total. The van der Waals surface area contributed by atoms with Crippen LogP contribution >= 0.6 is 11.6 Å². The fourth-order valence-corrected chi connectivity index (χ4v) is 3.82. The van der Waals surface area contributed by atoms with Gasteiger partial charge in [-0.1, -0.05) is 23.7 Å². The molecule has 0 spiro atoms. The van der Waals surface area contributed by atoms with Gasteiger partial charge >= 0.3 is 0 Å². The van der Waals surface area contributed by atoms with Gasteiger partial charge in [0.1, 0.15) is 17.1 Å². The van der Waals surface area contributed by atoms with Gasteiger partial charge in [0.2, 0.25) is 5.95 Å². The summed E-state index contributed by atoms with van der Waals surface area (Å²) in [4.78, 5) is 25.7. The molecule has 0 radical (unpaired) electrons. The third-order valence-electron chi connectivity index (χ3n) is 5.23. The number of nitrogens with one attached hydrogen (secondary N) is 1. The number of carbonyl (C=O) groups is 1. The number of halogens is 1. The Labute approximate surface area is 192 Å². The van der Waals surface area contributed by atoms with Gasteiger partial charge < -0.3 is 25.6 Å². The normalized spacial score (nSPS) is 13.7. The van der Waals surface area contributed by atoms with E-state index < -0.39 is 0 Å². The standard InChI is InChI=1S/C23H25ClN6O2/c1-2-32-17-9-7-16(8-10-17)27-22(31)18-15-26-23(28-21(18)25)30-13-11-29(12-14-30)20-6-4-3-5-19(20)24/h3-10,15H,2,11-14H2,1H3,(H,27,31)(H2,25,26,28). The fourth-order valence-electron chi connectivity index (χ4n) is 3.57. The molecule has 8 nitrogen and oxygen atoms in total. The van der Waals surface area contributed by atoms with Crippen molar-refractivity contribution in [1.82, 2.24) is 9.97 Å². The van der Waals surface area contributed by atoms with E-state index in [9.17, 15) is 4.79 Å². The quantitative estimate of drug-likeness (QED) is 0.588. The highest BCUT2D eigenvalue weighted by Crippen LogP contribution is 2.27. The van der Waals surface area contributed by atoms with Crippen molar-refractivity contribution in [2.45, 2.75) is 6.92 Å². The van der Waals surface area contributed by atoms with Crippen molar-refractivity contribution in [2.24, 2.45) is 0 Å². The highest BCUT2D eigenvalue weighted by molar-refractivity contribution is 6.33. The summed E-state index contributed by atoms with van der Waals surface area (Å²) < 4.78 is 5.41. The number of hydrogen-bond acceptors (Lipinski definition) is 7. The zero-order valence-corrected chi connectivity index (χ0v) is 18.5. The van der Waals surface area contributed by atoms with E-state index >= 15 is 0 Å². The van der Waals surface area contributed by atoms with Crippen LogP contribution in [0, 0.1) is 0 Å². The van der Waals surface area contributed by atoms with E-state index in [-0.39, 0.29) is 17.3 Å². The van der Waals surface area contributed by atoms with Gasteiger partial charge in [0.15, 0.2) is 0 Å². The number of nitrogen functional groups attached to an aromatic ring is 1. The number of nitrogens with zero attached hydrogens (tertiary/aromatic N) is 4. The first-order valence-corrected chi connectivity index (χ1v) is 10.8. The van der Waals surface area contributed by atoms with Crippen LogP contribution in [0.3, 0.4) is 0 Å². The largest absolute Gasteiger partial charge is 0.494 e. The molecule has 1 fully saturated rings. The summed E-state index contributed by atoms with van der Waals surface area (Å²) in [6.07, 6.45) is 1.47. The lowest BCUT2D eigenvalue weighted by Crippen LogP contribution is -2.47. The number of benzene rings is 2. The lowest BCUT2D eigenvalue weighted by Gasteiger charge is -2.36. The Kier molecular flexibility index (Phi) is 6.61. The molecule has 2 aromatic carbocycles. The van der Waals surface area contributed by atoms with Crippen LogP contribution in [0.4, 0.5) is 23.1 Å². The molecule has 0 bridgehead atoms. The highest BCUT2D eigenvalue weighted by Gasteiger charge is 2.22. The minimum atomic E-state index is -0.359. The highest BCUT2D eigenvalue weighted by atomic mass is 35.5. The van der Waals surface area contributed by atoms with E-state index in [0.717, 1.165) is 42.6 Å². The van der Waals surface area contributed by atoms with Gasteiger partial charge in [-0.2, -0.15) is 4.98 Å². The average molecular weight is 453 g/mol. The Morgan fingerprint density at radius 2 is 1.78 bits per heavy atom. The maximum absolute atomic E-state index is 12.6. The monoisotopic (exact) mass is 452 g/mol. The molecule has 0 saturated carbocycles. The Morgan fingerprint density at radius 1 is 1.09 bits per heavy atom. The summed E-state index contributed by atoms with van der Waals surface area (Å²) in [5.74, 6) is 1.04. The van der Waals surface area contributed by atoms with Crippen molar-refractivity contribution >= 4 is 40.6 Å². The smallest absolute Gasteiger partial charge is 0.260 e. The van der Waals surface area contributed by atoms with Crippen LogP contribution in [0.1, 0.15) is 17.3 Å². The number of piperazine rings is 1. The molecule has 0 atom stereocenters. The lowest BCUT2D eigenvalue weighted by atomic mass is 10.2. The van der Waals surface area contributed by atoms with Gasteiger partial charge in [-0.05, 0) is 43.3 Å². The van der Waals surface area contributed by atoms with Crippen LogP contribution in [-0.4, -0.2) is 48.7 Å². The Hall–Kier alpha value is -3.52. The van der Waals surface area contributed by atoms with Gasteiger partial charge in [0, 0.05) is 38.1 Å². The van der Waals surface area contributed by atoms with E-state index in [1.807, 2.05) is 31.2 Å². The van der Waals surface area contributed by atoms with E-state index in [4.69, 9.17) is 22.1 Å². The van der Waals surface area contributed by atoms with E-state index in [0.29, 0.717) is 18.2 Å². The topological polar surface area (TPSA) is 96.6 Å². The number of aromatic nitrogens is 2. The molecule has 1 aliphatic heterocycles. The van der Waals surface area contributed by atoms with E-state index in [2.05, 4.69) is 25.1 Å². The van der Waals surface area contributed by atoms with Gasteiger partial charge in [-0.3, -0.25) is 4.79 Å². The molecule has 166 valence electrons. The number of para-hydroxylation sites is 1. The lowest BCUT2D eigenvalue weighted by molar-refractivity contribution is 0.102. The van der Waals surface area contributed by atoms with Gasteiger partial charge in [-0.15, -0.1) is 0 Å². The third-order valence-corrected chi connectivity index (χ3v) is 5.55.